The molecule has 0 rings (SSSR count). The number of allylic oxidation sites excluding steroid dienone is 4. The molecule has 466 valence electrons. The Labute approximate surface area is 490 Å². The number of carbonyl (C=O) groups is 3. The molecule has 0 aliphatic carbocycles. The van der Waals surface area contributed by atoms with Gasteiger partial charge in [0.15, 0.2) is 6.10 Å². The first-order valence-corrected chi connectivity index (χ1v) is 34.5. The SMILES string of the molecule is CCCCCCC/C=C\C/C=C\CCCCCCCCCCCCCCCCCCCCCCCCCCCCCCCC(=O)OC(COC(=O)CCCCCCCCCCCCCCC)COC(OCC[N+](C)(C)C)C(=O)O. The average molecular weight is 1120 g/mol. The highest BCUT2D eigenvalue weighted by molar-refractivity contribution is 5.71. The monoisotopic (exact) mass is 1120 g/mol. The Morgan fingerprint density at radius 1 is 0.380 bits per heavy atom. The molecule has 0 fully saturated rings. The molecule has 0 saturated carbocycles. The fraction of sp³-hybridized carbons (Fsp3) is 0.900. The second kappa shape index (κ2) is 61.8. The molecule has 0 heterocycles. The van der Waals surface area contributed by atoms with Crippen LogP contribution in [0.15, 0.2) is 24.3 Å². The molecule has 0 aromatic heterocycles. The van der Waals surface area contributed by atoms with Gasteiger partial charge >= 0.3 is 17.9 Å². The van der Waals surface area contributed by atoms with Crippen molar-refractivity contribution in [3.8, 4) is 0 Å². The number of carboxylic acid groups (broad SMARTS) is 1. The molecule has 79 heavy (non-hydrogen) atoms. The average Bonchev–Trinajstić information content (AvgIpc) is 3.42. The van der Waals surface area contributed by atoms with Crippen LogP contribution in [0.5, 0.6) is 0 Å². The van der Waals surface area contributed by atoms with Gasteiger partial charge in [0.25, 0.3) is 6.29 Å². The highest BCUT2D eigenvalue weighted by Crippen LogP contribution is 2.19. The number of ether oxygens (including phenoxy) is 4. The zero-order chi connectivity index (χ0) is 57.6. The van der Waals surface area contributed by atoms with E-state index in [-0.39, 0.29) is 38.2 Å². The van der Waals surface area contributed by atoms with E-state index in [0.29, 0.717) is 17.4 Å². The van der Waals surface area contributed by atoms with Crippen LogP contribution in [0.4, 0.5) is 0 Å². The van der Waals surface area contributed by atoms with Crippen LogP contribution in [-0.4, -0.2) is 87.4 Å². The maximum atomic E-state index is 12.9. The van der Waals surface area contributed by atoms with E-state index < -0.39 is 18.4 Å². The van der Waals surface area contributed by atoms with Gasteiger partial charge in [0.1, 0.15) is 13.2 Å². The van der Waals surface area contributed by atoms with Crippen molar-refractivity contribution in [2.24, 2.45) is 0 Å². The number of hydrogen-bond donors (Lipinski definition) is 1. The van der Waals surface area contributed by atoms with Crippen LogP contribution in [0.25, 0.3) is 0 Å². The lowest BCUT2D eigenvalue weighted by Gasteiger charge is -2.25. The molecular formula is C70H134NO8+. The predicted molar refractivity (Wildman–Crippen MR) is 337 cm³/mol. The topological polar surface area (TPSA) is 108 Å². The van der Waals surface area contributed by atoms with Crippen molar-refractivity contribution >= 4 is 17.9 Å². The molecule has 0 aliphatic heterocycles. The third-order valence-electron chi connectivity index (χ3n) is 15.7. The second-order valence-corrected chi connectivity index (χ2v) is 24.8. The first kappa shape index (κ1) is 76.8. The Morgan fingerprint density at radius 3 is 1.00 bits per heavy atom. The van der Waals surface area contributed by atoms with Gasteiger partial charge in [-0.2, -0.15) is 0 Å². The highest BCUT2D eigenvalue weighted by atomic mass is 16.7. The standard InChI is InChI=1S/C70H133NO8/c1-6-8-10-12-14-16-18-20-21-22-23-24-25-26-27-28-29-30-31-32-33-34-35-36-37-38-39-40-41-42-43-44-45-46-47-49-51-53-55-57-59-61-68(73)79-66(65-78-70(69(74)75)76-63-62-71(3,4)5)64-77-67(72)60-58-56-54-52-50-48-19-17-15-13-11-9-7-2/h18,20,22-23,66,70H,6-17,19,21,24-65H2,1-5H3/p+1/b20-18-,23-22-. The van der Waals surface area contributed by atoms with E-state index in [4.69, 9.17) is 18.9 Å². The van der Waals surface area contributed by atoms with E-state index in [9.17, 15) is 19.5 Å². The summed E-state index contributed by atoms with van der Waals surface area (Å²) in [5.74, 6) is -1.98. The third kappa shape index (κ3) is 63.2. The molecule has 0 aromatic rings. The summed E-state index contributed by atoms with van der Waals surface area (Å²) in [5.41, 5.74) is 0. The number of aliphatic carboxylic acids is 1. The molecule has 0 bridgehead atoms. The molecule has 0 saturated heterocycles. The zero-order valence-electron chi connectivity index (χ0n) is 53.3. The lowest BCUT2D eigenvalue weighted by Crippen LogP contribution is -2.40. The van der Waals surface area contributed by atoms with Crippen molar-refractivity contribution in [2.75, 3.05) is 47.5 Å². The molecule has 0 amide bonds. The van der Waals surface area contributed by atoms with Crippen LogP contribution in [0.2, 0.25) is 0 Å². The summed E-state index contributed by atoms with van der Waals surface area (Å²) < 4.78 is 22.9. The first-order chi connectivity index (χ1) is 38.6. The first-order valence-electron chi connectivity index (χ1n) is 34.5. The lowest BCUT2D eigenvalue weighted by atomic mass is 10.0. The number of unbranched alkanes of at least 4 members (excludes halogenated alkanes) is 46. The van der Waals surface area contributed by atoms with Crippen LogP contribution < -0.4 is 0 Å². The number of quaternary nitrogens is 1. The molecule has 9 heteroatoms. The maximum Gasteiger partial charge on any atom is 0.361 e. The Morgan fingerprint density at radius 2 is 0.684 bits per heavy atom. The minimum absolute atomic E-state index is 0.174. The van der Waals surface area contributed by atoms with Crippen LogP contribution in [0, 0.1) is 0 Å². The van der Waals surface area contributed by atoms with Crippen molar-refractivity contribution in [1.29, 1.82) is 0 Å². The van der Waals surface area contributed by atoms with Gasteiger partial charge in [0.05, 0.1) is 34.4 Å². The highest BCUT2D eigenvalue weighted by Gasteiger charge is 2.25. The number of carboxylic acids is 1. The van der Waals surface area contributed by atoms with Crippen molar-refractivity contribution in [3.05, 3.63) is 24.3 Å². The fourth-order valence-electron chi connectivity index (χ4n) is 10.4. The largest absolute Gasteiger partial charge is 0.477 e. The molecule has 0 aromatic carbocycles. The normalized spacial score (nSPS) is 12.8. The van der Waals surface area contributed by atoms with Crippen molar-refractivity contribution in [3.63, 3.8) is 0 Å². The van der Waals surface area contributed by atoms with Gasteiger partial charge in [-0.05, 0) is 44.9 Å². The molecule has 0 radical (unpaired) electrons. The van der Waals surface area contributed by atoms with Gasteiger partial charge in [-0.25, -0.2) is 4.79 Å². The predicted octanol–water partition coefficient (Wildman–Crippen LogP) is 21.0. The Hall–Kier alpha value is -2.23. The van der Waals surface area contributed by atoms with E-state index in [1.54, 1.807) is 0 Å². The van der Waals surface area contributed by atoms with E-state index >= 15 is 0 Å². The number of hydrogen-bond acceptors (Lipinski definition) is 7. The number of nitrogens with zero attached hydrogens (tertiary/aromatic N) is 1. The molecule has 0 aliphatic rings. The summed E-state index contributed by atoms with van der Waals surface area (Å²) in [6, 6.07) is 0. The minimum Gasteiger partial charge on any atom is -0.477 e. The Bertz CT molecular complexity index is 1340. The molecule has 9 nitrogen and oxygen atoms in total. The number of likely N-dealkylation sites (N-methyl/N-ethyl adjacent to an activating group) is 1. The van der Waals surface area contributed by atoms with Gasteiger partial charge in [-0.15, -0.1) is 0 Å². The summed E-state index contributed by atoms with van der Waals surface area (Å²) in [7, 11) is 5.98. The Kier molecular flexibility index (Phi) is 60.1. The second-order valence-electron chi connectivity index (χ2n) is 24.8. The van der Waals surface area contributed by atoms with Gasteiger partial charge < -0.3 is 28.5 Å². The van der Waals surface area contributed by atoms with Gasteiger partial charge in [-0.3, -0.25) is 9.59 Å². The fourth-order valence-corrected chi connectivity index (χ4v) is 10.4. The van der Waals surface area contributed by atoms with Crippen LogP contribution in [-0.2, 0) is 33.3 Å². The number of rotatable bonds is 65. The van der Waals surface area contributed by atoms with Crippen LogP contribution in [0.1, 0.15) is 348 Å². The number of carbonyl (C=O) groups excluding carboxylic acids is 2. The van der Waals surface area contributed by atoms with Crippen LogP contribution >= 0.6 is 0 Å². The molecule has 2 atom stereocenters. The molecule has 0 spiro atoms. The van der Waals surface area contributed by atoms with Crippen molar-refractivity contribution in [2.45, 2.75) is 360 Å². The lowest BCUT2D eigenvalue weighted by molar-refractivity contribution is -0.870. The van der Waals surface area contributed by atoms with Crippen molar-refractivity contribution in [1.82, 2.24) is 0 Å². The van der Waals surface area contributed by atoms with E-state index in [1.165, 1.54) is 276 Å². The van der Waals surface area contributed by atoms with Gasteiger partial charge in [0.2, 0.25) is 0 Å². The molecule has 2 unspecified atom stereocenters. The molecule has 1 N–H and O–H groups in total. The maximum absolute atomic E-state index is 12.9. The summed E-state index contributed by atoms with van der Waals surface area (Å²) in [5, 5.41) is 9.71. The van der Waals surface area contributed by atoms with E-state index in [2.05, 4.69) is 38.2 Å². The summed E-state index contributed by atoms with van der Waals surface area (Å²) in [6.45, 7) is 4.92. The quantitative estimate of drug-likeness (QED) is 0.0211. The Balaban J connectivity index is 3.86. The molecular weight excluding hydrogens is 983 g/mol. The smallest absolute Gasteiger partial charge is 0.361 e. The summed E-state index contributed by atoms with van der Waals surface area (Å²) >= 11 is 0. The summed E-state index contributed by atoms with van der Waals surface area (Å²) in [4.78, 5) is 37.4. The third-order valence-corrected chi connectivity index (χ3v) is 15.7. The number of esters is 2. The summed E-state index contributed by atoms with van der Waals surface area (Å²) in [6.07, 6.45) is 73.2. The van der Waals surface area contributed by atoms with E-state index in [1.807, 2.05) is 21.1 Å². The van der Waals surface area contributed by atoms with Gasteiger partial charge in [0, 0.05) is 12.8 Å². The van der Waals surface area contributed by atoms with Crippen molar-refractivity contribution < 1.29 is 42.9 Å². The zero-order valence-corrected chi connectivity index (χ0v) is 53.3. The minimum atomic E-state index is -1.50. The van der Waals surface area contributed by atoms with E-state index in [0.717, 1.165) is 44.9 Å². The van der Waals surface area contributed by atoms with Crippen LogP contribution in [0.3, 0.4) is 0 Å². The van der Waals surface area contributed by atoms with Gasteiger partial charge in [-0.1, -0.05) is 314 Å².